The average Bonchev–Trinajstić information content (AvgIpc) is 2.45. The zero-order valence-electron chi connectivity index (χ0n) is 14.3. The molecule has 0 spiro atoms. The van der Waals surface area contributed by atoms with Crippen molar-refractivity contribution in [3.05, 3.63) is 22.2 Å². The average molecular weight is 378 g/mol. The van der Waals surface area contributed by atoms with Gasteiger partial charge in [0.2, 0.25) is 0 Å². The summed E-state index contributed by atoms with van der Waals surface area (Å²) in [5.41, 5.74) is -0.278. The summed E-state index contributed by atoms with van der Waals surface area (Å²) in [4.78, 5) is 5.19. The molecule has 0 saturated carbocycles. The Bertz CT molecular complexity index is 507. The Balaban J connectivity index is 2.05. The second-order valence-electron chi connectivity index (χ2n) is 6.21. The van der Waals surface area contributed by atoms with Crippen molar-refractivity contribution in [3.8, 4) is 11.5 Å². The number of ether oxygens (including phenoxy) is 2. The smallest absolute Gasteiger partial charge is 0.156 e. The molecular formula is C17H25Cl2NO4. The summed E-state index contributed by atoms with van der Waals surface area (Å²) in [5, 5.41) is 13.8. The number of halogens is 2. The van der Waals surface area contributed by atoms with E-state index in [1.807, 2.05) is 20.8 Å². The van der Waals surface area contributed by atoms with E-state index in [0.29, 0.717) is 35.6 Å². The molecule has 0 radical (unpaired) electrons. The van der Waals surface area contributed by atoms with Gasteiger partial charge in [-0.15, -0.1) is 0 Å². The Kier molecular flexibility index (Phi) is 9.26. The van der Waals surface area contributed by atoms with Crippen LogP contribution in [0, 0.1) is 0 Å². The molecule has 0 unspecified atom stereocenters. The van der Waals surface area contributed by atoms with Crippen LogP contribution >= 0.6 is 23.2 Å². The Hall–Kier alpha value is -1.17. The first kappa shape index (κ1) is 20.9. The maximum atomic E-state index is 9.35. The van der Waals surface area contributed by atoms with Crippen molar-refractivity contribution in [3.63, 3.8) is 0 Å². The summed E-state index contributed by atoms with van der Waals surface area (Å²) in [6.07, 6.45) is 4.36. The van der Waals surface area contributed by atoms with E-state index in [1.54, 1.807) is 6.21 Å². The predicted molar refractivity (Wildman–Crippen MR) is 97.6 cm³/mol. The molecule has 1 aromatic carbocycles. The van der Waals surface area contributed by atoms with Gasteiger partial charge in [-0.25, -0.2) is 0 Å². The minimum Gasteiger partial charge on any atom is -0.508 e. The molecule has 0 amide bonds. The summed E-state index contributed by atoms with van der Waals surface area (Å²) < 4.78 is 11.0. The molecule has 0 bridgehead atoms. The van der Waals surface area contributed by atoms with Crippen LogP contribution in [0.25, 0.3) is 0 Å². The monoisotopic (exact) mass is 377 g/mol. The normalized spacial score (nSPS) is 11.9. The molecule has 0 aromatic heterocycles. The molecule has 1 rings (SSSR count). The first-order valence-electron chi connectivity index (χ1n) is 7.88. The fourth-order valence-electron chi connectivity index (χ4n) is 1.70. The molecule has 136 valence electrons. The number of unbranched alkanes of at least 4 members (excludes halogenated alkanes) is 2. The third-order valence-corrected chi connectivity index (χ3v) is 3.32. The zero-order chi connectivity index (χ0) is 18.0. The first-order chi connectivity index (χ1) is 11.3. The Morgan fingerprint density at radius 3 is 2.33 bits per heavy atom. The predicted octanol–water partition coefficient (Wildman–Crippen LogP) is 5.07. The van der Waals surface area contributed by atoms with Gasteiger partial charge in [0.05, 0.1) is 29.5 Å². The number of benzene rings is 1. The highest BCUT2D eigenvalue weighted by Crippen LogP contribution is 2.36. The van der Waals surface area contributed by atoms with Crippen molar-refractivity contribution in [1.82, 2.24) is 0 Å². The lowest BCUT2D eigenvalue weighted by Gasteiger charge is -2.14. The van der Waals surface area contributed by atoms with Crippen LogP contribution in [0.15, 0.2) is 17.3 Å². The number of aromatic hydroxyl groups is 1. The third-order valence-electron chi connectivity index (χ3n) is 2.76. The molecular weight excluding hydrogens is 353 g/mol. The van der Waals surface area contributed by atoms with Crippen LogP contribution in [0.2, 0.25) is 10.0 Å². The van der Waals surface area contributed by atoms with Gasteiger partial charge in [-0.2, -0.15) is 0 Å². The first-order valence-corrected chi connectivity index (χ1v) is 8.64. The maximum Gasteiger partial charge on any atom is 0.156 e. The van der Waals surface area contributed by atoms with E-state index < -0.39 is 0 Å². The molecule has 1 N–H and O–H groups in total. The number of phenolic OH excluding ortho intramolecular Hbond substituents is 1. The minimum absolute atomic E-state index is 0.0194. The molecule has 0 aliphatic rings. The molecule has 7 heteroatoms. The summed E-state index contributed by atoms with van der Waals surface area (Å²) in [7, 11) is 0. The van der Waals surface area contributed by atoms with Gasteiger partial charge >= 0.3 is 0 Å². The molecule has 24 heavy (non-hydrogen) atoms. The van der Waals surface area contributed by atoms with Crippen LogP contribution in [-0.4, -0.2) is 36.7 Å². The molecule has 5 nitrogen and oxygen atoms in total. The number of nitrogens with zero attached hydrogens (tertiary/aromatic N) is 1. The van der Waals surface area contributed by atoms with Gasteiger partial charge in [0, 0.05) is 18.7 Å². The lowest BCUT2D eigenvalue weighted by Crippen LogP contribution is -2.15. The van der Waals surface area contributed by atoms with Gasteiger partial charge in [0.1, 0.15) is 11.4 Å². The number of phenols is 1. The largest absolute Gasteiger partial charge is 0.508 e. The Morgan fingerprint density at radius 1 is 1.08 bits per heavy atom. The number of rotatable bonds is 10. The van der Waals surface area contributed by atoms with Crippen molar-refractivity contribution in [1.29, 1.82) is 0 Å². The minimum atomic E-state index is -0.278. The van der Waals surface area contributed by atoms with Crippen molar-refractivity contribution >= 4 is 29.4 Å². The number of hydrogen-bond acceptors (Lipinski definition) is 5. The highest BCUT2D eigenvalue weighted by Gasteiger charge is 2.09. The second kappa shape index (κ2) is 10.6. The highest BCUT2D eigenvalue weighted by atomic mass is 35.5. The van der Waals surface area contributed by atoms with Gasteiger partial charge < -0.3 is 19.4 Å². The molecule has 0 atom stereocenters. The van der Waals surface area contributed by atoms with E-state index in [-0.39, 0.29) is 11.4 Å². The molecule has 0 heterocycles. The quantitative estimate of drug-likeness (QED) is 0.351. The van der Waals surface area contributed by atoms with E-state index in [9.17, 15) is 5.11 Å². The Labute approximate surface area is 153 Å². The van der Waals surface area contributed by atoms with Gasteiger partial charge in [0.25, 0.3) is 0 Å². The van der Waals surface area contributed by atoms with Gasteiger partial charge in [-0.05, 0) is 40.0 Å². The number of hydrogen-bond donors (Lipinski definition) is 1. The second-order valence-corrected chi connectivity index (χ2v) is 7.03. The van der Waals surface area contributed by atoms with E-state index in [4.69, 9.17) is 37.5 Å². The molecule has 0 aliphatic heterocycles. The molecule has 1 aromatic rings. The summed E-state index contributed by atoms with van der Waals surface area (Å²) in [6.45, 7) is 7.40. The lowest BCUT2D eigenvalue weighted by atomic mass is 10.2. The maximum absolute atomic E-state index is 9.35. The Morgan fingerprint density at radius 2 is 1.71 bits per heavy atom. The SMILES string of the molecule is CC(C)(C)ON=CCOCCCCCOc1c(Cl)cc(O)cc1Cl. The van der Waals surface area contributed by atoms with Gasteiger partial charge in [-0.1, -0.05) is 28.4 Å². The van der Waals surface area contributed by atoms with Crippen molar-refractivity contribution < 1.29 is 19.4 Å². The molecule has 0 fully saturated rings. The van der Waals surface area contributed by atoms with Gasteiger partial charge in [0.15, 0.2) is 5.75 Å². The molecule has 0 aliphatic carbocycles. The van der Waals surface area contributed by atoms with E-state index >= 15 is 0 Å². The summed E-state index contributed by atoms with van der Waals surface area (Å²) in [6, 6.07) is 2.81. The summed E-state index contributed by atoms with van der Waals surface area (Å²) >= 11 is 11.9. The van der Waals surface area contributed by atoms with E-state index in [2.05, 4.69) is 5.16 Å². The topological polar surface area (TPSA) is 60.3 Å². The van der Waals surface area contributed by atoms with Crippen molar-refractivity contribution in [2.45, 2.75) is 45.6 Å². The third kappa shape index (κ3) is 9.21. The van der Waals surface area contributed by atoms with Crippen LogP contribution in [-0.2, 0) is 9.57 Å². The van der Waals surface area contributed by atoms with E-state index in [0.717, 1.165) is 19.3 Å². The highest BCUT2D eigenvalue weighted by molar-refractivity contribution is 6.37. The van der Waals surface area contributed by atoms with Crippen LogP contribution in [0.3, 0.4) is 0 Å². The van der Waals surface area contributed by atoms with Gasteiger partial charge in [-0.3, -0.25) is 0 Å². The van der Waals surface area contributed by atoms with Crippen LogP contribution in [0.1, 0.15) is 40.0 Å². The van der Waals surface area contributed by atoms with Crippen LogP contribution < -0.4 is 4.74 Å². The zero-order valence-corrected chi connectivity index (χ0v) is 15.9. The number of oxime groups is 1. The molecule has 0 saturated heterocycles. The van der Waals surface area contributed by atoms with Crippen LogP contribution in [0.5, 0.6) is 11.5 Å². The fraction of sp³-hybridized carbons (Fsp3) is 0.588. The standard InChI is InChI=1S/C17H25Cl2NO4/c1-17(2,3)24-20-7-10-22-8-5-4-6-9-23-16-14(18)11-13(21)12-15(16)19/h7,11-12,21H,4-6,8-10H2,1-3H3. The van der Waals surface area contributed by atoms with Crippen molar-refractivity contribution in [2.24, 2.45) is 5.16 Å². The summed E-state index contributed by atoms with van der Waals surface area (Å²) in [5.74, 6) is 0.424. The fourth-order valence-corrected chi connectivity index (χ4v) is 2.29. The van der Waals surface area contributed by atoms with E-state index in [1.165, 1.54) is 12.1 Å². The lowest BCUT2D eigenvalue weighted by molar-refractivity contribution is 0.000668. The van der Waals surface area contributed by atoms with Crippen LogP contribution in [0.4, 0.5) is 0 Å². The van der Waals surface area contributed by atoms with Crippen molar-refractivity contribution in [2.75, 3.05) is 19.8 Å².